The van der Waals surface area contributed by atoms with Crippen LogP contribution in [0.25, 0.3) is 0 Å². The highest BCUT2D eigenvalue weighted by Crippen LogP contribution is 2.19. The molecule has 2 aromatic carbocycles. The van der Waals surface area contributed by atoms with Crippen LogP contribution < -0.4 is 16.6 Å². The first-order chi connectivity index (χ1) is 9.28. The van der Waals surface area contributed by atoms with Gasteiger partial charge in [0.15, 0.2) is 0 Å². The number of rotatable bonds is 3. The van der Waals surface area contributed by atoms with Crippen LogP contribution in [0.1, 0.15) is 0 Å². The number of nitrogens with two attached hydrogens (primary N) is 1. The van der Waals surface area contributed by atoms with Crippen LogP contribution in [0.5, 0.6) is 0 Å². The zero-order valence-corrected chi connectivity index (χ0v) is 10.1. The van der Waals surface area contributed by atoms with Crippen molar-refractivity contribution in [3.63, 3.8) is 0 Å². The normalized spacial score (nSPS) is 10.4. The van der Waals surface area contributed by atoms with Gasteiger partial charge in [0.05, 0.1) is 11.4 Å². The fourth-order valence-electron chi connectivity index (χ4n) is 1.39. The van der Waals surface area contributed by atoms with Crippen LogP contribution >= 0.6 is 0 Å². The Balaban J connectivity index is 2.03. The van der Waals surface area contributed by atoms with Gasteiger partial charge < -0.3 is 5.32 Å². The van der Waals surface area contributed by atoms with Crippen LogP contribution in [0.4, 0.5) is 21.9 Å². The van der Waals surface area contributed by atoms with Gasteiger partial charge in [0.2, 0.25) is 0 Å². The minimum atomic E-state index is -0.473. The third kappa shape index (κ3) is 3.90. The van der Waals surface area contributed by atoms with Crippen molar-refractivity contribution in [2.75, 3.05) is 5.32 Å². The average molecular weight is 255 g/mol. The van der Waals surface area contributed by atoms with Gasteiger partial charge in [0, 0.05) is 5.69 Å². The van der Waals surface area contributed by atoms with Gasteiger partial charge in [0.25, 0.3) is 0 Å². The highest BCUT2D eigenvalue weighted by atomic mass is 16.2. The zero-order chi connectivity index (χ0) is 13.5. The van der Waals surface area contributed by atoms with Crippen molar-refractivity contribution in [3.05, 3.63) is 54.6 Å². The maximum Gasteiger partial charge on any atom is 0.333 e. The molecule has 19 heavy (non-hydrogen) atoms. The van der Waals surface area contributed by atoms with E-state index < -0.39 is 6.03 Å². The van der Waals surface area contributed by atoms with E-state index in [4.69, 9.17) is 5.84 Å². The lowest BCUT2D eigenvalue weighted by Crippen LogP contribution is -2.34. The minimum Gasteiger partial charge on any atom is -0.307 e. The minimum absolute atomic E-state index is 0.473. The van der Waals surface area contributed by atoms with Crippen molar-refractivity contribution in [1.82, 2.24) is 5.43 Å². The number of nitrogens with zero attached hydrogens (tertiary/aromatic N) is 2. The van der Waals surface area contributed by atoms with Gasteiger partial charge in [0.1, 0.15) is 0 Å². The molecule has 96 valence electrons. The second kappa shape index (κ2) is 6.27. The quantitative estimate of drug-likeness (QED) is 0.340. The van der Waals surface area contributed by atoms with E-state index in [1.54, 1.807) is 24.3 Å². The van der Waals surface area contributed by atoms with Crippen LogP contribution in [0.2, 0.25) is 0 Å². The Labute approximate surface area is 110 Å². The van der Waals surface area contributed by atoms with Gasteiger partial charge in [-0.05, 0) is 36.4 Å². The van der Waals surface area contributed by atoms with Crippen molar-refractivity contribution in [2.24, 2.45) is 16.1 Å². The second-order valence-electron chi connectivity index (χ2n) is 3.68. The van der Waals surface area contributed by atoms with Gasteiger partial charge in [-0.2, -0.15) is 10.2 Å². The lowest BCUT2D eigenvalue weighted by molar-refractivity contribution is 0.252. The van der Waals surface area contributed by atoms with Crippen LogP contribution in [0.15, 0.2) is 64.8 Å². The van der Waals surface area contributed by atoms with Crippen LogP contribution in [-0.4, -0.2) is 6.03 Å². The molecule has 0 fully saturated rings. The molecule has 0 radical (unpaired) electrons. The summed E-state index contributed by atoms with van der Waals surface area (Å²) in [4.78, 5) is 11.0. The van der Waals surface area contributed by atoms with Gasteiger partial charge in [-0.1, -0.05) is 18.2 Å². The summed E-state index contributed by atoms with van der Waals surface area (Å²) >= 11 is 0. The summed E-state index contributed by atoms with van der Waals surface area (Å²) in [5.41, 5.74) is 4.09. The van der Waals surface area contributed by atoms with E-state index in [2.05, 4.69) is 15.5 Å². The second-order valence-corrected chi connectivity index (χ2v) is 3.68. The Hall–Kier alpha value is -2.73. The van der Waals surface area contributed by atoms with Gasteiger partial charge >= 0.3 is 6.03 Å². The molecule has 0 aliphatic carbocycles. The van der Waals surface area contributed by atoms with E-state index in [0.717, 1.165) is 5.69 Å². The molecule has 0 saturated carbocycles. The lowest BCUT2D eigenvalue weighted by atomic mass is 10.3. The molecule has 0 heterocycles. The summed E-state index contributed by atoms with van der Waals surface area (Å²) in [6.45, 7) is 0. The molecule has 0 spiro atoms. The molecule has 4 N–H and O–H groups in total. The topological polar surface area (TPSA) is 91.9 Å². The molecule has 0 aliphatic heterocycles. The number of hydrazine groups is 1. The van der Waals surface area contributed by atoms with E-state index in [0.29, 0.717) is 11.4 Å². The Bertz CT molecular complexity index is 565. The fraction of sp³-hybridized carbons (Fsp3) is 0. The maximum absolute atomic E-state index is 11.0. The molecule has 0 aromatic heterocycles. The Morgan fingerprint density at radius 2 is 1.47 bits per heavy atom. The predicted molar refractivity (Wildman–Crippen MR) is 73.4 cm³/mol. The summed E-state index contributed by atoms with van der Waals surface area (Å²) in [7, 11) is 0. The summed E-state index contributed by atoms with van der Waals surface area (Å²) in [6.07, 6.45) is 0. The van der Waals surface area contributed by atoms with E-state index in [9.17, 15) is 4.79 Å². The number of anilines is 1. The first kappa shape index (κ1) is 12.7. The number of carbonyl (C=O) groups is 1. The smallest absolute Gasteiger partial charge is 0.307 e. The monoisotopic (exact) mass is 255 g/mol. The Morgan fingerprint density at radius 1 is 0.895 bits per heavy atom. The van der Waals surface area contributed by atoms with Crippen molar-refractivity contribution in [1.29, 1.82) is 0 Å². The molecular weight excluding hydrogens is 242 g/mol. The highest BCUT2D eigenvalue weighted by Gasteiger charge is 1.98. The Morgan fingerprint density at radius 3 is 2.05 bits per heavy atom. The Kier molecular flexibility index (Phi) is 4.20. The third-order valence-corrected chi connectivity index (χ3v) is 2.29. The fourth-order valence-corrected chi connectivity index (χ4v) is 1.39. The highest BCUT2D eigenvalue weighted by molar-refractivity contribution is 5.88. The molecule has 0 saturated heterocycles. The summed E-state index contributed by atoms with van der Waals surface area (Å²) < 4.78 is 0. The lowest BCUT2D eigenvalue weighted by Gasteiger charge is -2.03. The predicted octanol–water partition coefficient (Wildman–Crippen LogP) is 3.10. The third-order valence-electron chi connectivity index (χ3n) is 2.29. The molecule has 0 aliphatic rings. The molecule has 2 aromatic rings. The van der Waals surface area contributed by atoms with Gasteiger partial charge in [-0.25, -0.2) is 10.6 Å². The van der Waals surface area contributed by atoms with Gasteiger partial charge in [-0.15, -0.1) is 0 Å². The standard InChI is InChI=1S/C13H13N5O/c14-16-13(19)15-10-6-8-12(9-7-10)18-17-11-4-2-1-3-5-11/h1-9H,14H2,(H2,15,16,19). The number of benzene rings is 2. The van der Waals surface area contributed by atoms with Gasteiger partial charge in [-0.3, -0.25) is 5.43 Å². The number of hydrogen-bond acceptors (Lipinski definition) is 4. The molecule has 6 heteroatoms. The molecule has 0 unspecified atom stereocenters. The summed E-state index contributed by atoms with van der Waals surface area (Å²) in [5.74, 6) is 4.97. The van der Waals surface area contributed by atoms with Crippen molar-refractivity contribution in [3.8, 4) is 0 Å². The number of urea groups is 1. The molecule has 2 rings (SSSR count). The van der Waals surface area contributed by atoms with E-state index >= 15 is 0 Å². The number of nitrogens with one attached hydrogen (secondary N) is 2. The van der Waals surface area contributed by atoms with E-state index in [1.807, 2.05) is 35.8 Å². The average Bonchev–Trinajstić information content (AvgIpc) is 2.47. The van der Waals surface area contributed by atoms with Crippen LogP contribution in [0.3, 0.4) is 0 Å². The van der Waals surface area contributed by atoms with Crippen LogP contribution in [-0.2, 0) is 0 Å². The maximum atomic E-state index is 11.0. The zero-order valence-electron chi connectivity index (χ0n) is 10.1. The van der Waals surface area contributed by atoms with Crippen molar-refractivity contribution in [2.45, 2.75) is 0 Å². The number of carbonyl (C=O) groups excluding carboxylic acids is 1. The molecule has 2 amide bonds. The summed E-state index contributed by atoms with van der Waals surface area (Å²) in [6, 6.07) is 15.9. The van der Waals surface area contributed by atoms with Crippen molar-refractivity contribution >= 4 is 23.1 Å². The van der Waals surface area contributed by atoms with Crippen LogP contribution in [0, 0.1) is 0 Å². The number of hydrogen-bond donors (Lipinski definition) is 3. The first-order valence-electron chi connectivity index (χ1n) is 5.62. The number of azo groups is 1. The molecule has 0 atom stereocenters. The molecule has 6 nitrogen and oxygen atoms in total. The molecule has 0 bridgehead atoms. The molecular formula is C13H13N5O. The van der Waals surface area contributed by atoms with E-state index in [1.165, 1.54) is 0 Å². The summed E-state index contributed by atoms with van der Waals surface area (Å²) in [5, 5.41) is 10.7. The number of amides is 2. The largest absolute Gasteiger partial charge is 0.333 e. The first-order valence-corrected chi connectivity index (χ1v) is 5.62. The van der Waals surface area contributed by atoms with Crippen molar-refractivity contribution < 1.29 is 4.79 Å². The SMILES string of the molecule is NNC(=O)Nc1ccc(N=Nc2ccccc2)cc1. The van der Waals surface area contributed by atoms with E-state index in [-0.39, 0.29) is 0 Å².